The molecule has 2 heterocycles. The molecule has 1 unspecified atom stereocenters. The number of carbonyl (C=O) groups is 2. The van der Waals surface area contributed by atoms with Crippen molar-refractivity contribution in [3.05, 3.63) is 40.8 Å². The van der Waals surface area contributed by atoms with Gasteiger partial charge in [0, 0.05) is 31.2 Å². The van der Waals surface area contributed by atoms with Crippen molar-refractivity contribution in [2.24, 2.45) is 0 Å². The number of carboxylic acids is 1. The number of thiophene rings is 1. The van der Waals surface area contributed by atoms with Gasteiger partial charge < -0.3 is 10.0 Å². The molecular weight excluding hydrogens is 376 g/mol. The van der Waals surface area contributed by atoms with Crippen LogP contribution in [0.3, 0.4) is 0 Å². The second-order valence-corrected chi connectivity index (χ2v) is 9.50. The lowest BCUT2D eigenvalue weighted by Crippen LogP contribution is -2.55. The zero-order valence-corrected chi connectivity index (χ0v) is 15.9. The quantitative estimate of drug-likeness (QED) is 0.839. The van der Waals surface area contributed by atoms with Gasteiger partial charge in [0.2, 0.25) is 5.91 Å². The Morgan fingerprint density at radius 1 is 1.27 bits per heavy atom. The normalized spacial score (nSPS) is 21.5. The zero-order chi connectivity index (χ0) is 18.9. The number of rotatable bonds is 4. The molecule has 1 N–H and O–H groups in total. The molecule has 1 aliphatic heterocycles. The van der Waals surface area contributed by atoms with Gasteiger partial charge in [0.05, 0.1) is 0 Å². The third-order valence-corrected chi connectivity index (χ3v) is 8.05. The molecule has 1 aromatic heterocycles. The molecule has 2 aliphatic rings. The van der Waals surface area contributed by atoms with E-state index in [1.165, 1.54) is 16.4 Å². The van der Waals surface area contributed by atoms with Crippen LogP contribution in [0.1, 0.15) is 29.4 Å². The van der Waals surface area contributed by atoms with Crippen molar-refractivity contribution in [2.75, 3.05) is 19.6 Å². The average Bonchev–Trinajstić information content (AvgIpc) is 3.13. The topological polar surface area (TPSA) is 95.0 Å². The van der Waals surface area contributed by atoms with E-state index in [-0.39, 0.29) is 27.6 Å². The maximum absolute atomic E-state index is 12.8. The van der Waals surface area contributed by atoms with Crippen LogP contribution in [0.2, 0.25) is 0 Å². The summed E-state index contributed by atoms with van der Waals surface area (Å²) in [4.78, 5) is 25.3. The van der Waals surface area contributed by atoms with Crippen LogP contribution >= 0.6 is 11.3 Å². The van der Waals surface area contributed by atoms with Crippen molar-refractivity contribution in [3.63, 3.8) is 0 Å². The lowest BCUT2D eigenvalue weighted by molar-refractivity contribution is -0.129. The van der Waals surface area contributed by atoms with Crippen LogP contribution < -0.4 is 0 Å². The predicted octanol–water partition coefficient (Wildman–Crippen LogP) is 1.94. The Kier molecular flexibility index (Phi) is 5.31. The van der Waals surface area contributed by atoms with Crippen LogP contribution in [0.5, 0.6) is 0 Å². The van der Waals surface area contributed by atoms with Gasteiger partial charge in [0.25, 0.3) is 10.0 Å². The fourth-order valence-electron chi connectivity index (χ4n) is 3.16. The summed E-state index contributed by atoms with van der Waals surface area (Å²) in [6.07, 6.45) is 7.24. The second kappa shape index (κ2) is 7.34. The van der Waals surface area contributed by atoms with Gasteiger partial charge in [-0.15, -0.1) is 11.3 Å². The number of allylic oxidation sites excluding steroid dienone is 3. The number of hydrogen-bond acceptors (Lipinski definition) is 5. The monoisotopic (exact) mass is 396 g/mol. The minimum absolute atomic E-state index is 0.0117. The fourth-order valence-corrected chi connectivity index (χ4v) is 6.04. The van der Waals surface area contributed by atoms with Crippen LogP contribution in [0.25, 0.3) is 0 Å². The maximum Gasteiger partial charge on any atom is 0.345 e. The van der Waals surface area contributed by atoms with Crippen molar-refractivity contribution in [1.29, 1.82) is 0 Å². The molecule has 0 saturated carbocycles. The Bertz CT molecular complexity index is 885. The number of hydrogen-bond donors (Lipinski definition) is 1. The number of nitrogens with zero attached hydrogens (tertiary/aromatic N) is 2. The minimum Gasteiger partial charge on any atom is -0.477 e. The van der Waals surface area contributed by atoms with Crippen molar-refractivity contribution < 1.29 is 23.1 Å². The largest absolute Gasteiger partial charge is 0.477 e. The minimum atomic E-state index is -3.77. The molecule has 3 rings (SSSR count). The first kappa shape index (κ1) is 18.8. The van der Waals surface area contributed by atoms with E-state index in [1.807, 2.05) is 18.2 Å². The molecule has 0 spiro atoms. The molecule has 1 atom stereocenters. The molecule has 0 bridgehead atoms. The highest BCUT2D eigenvalue weighted by atomic mass is 32.2. The SMILES string of the molecule is CC1CN(C(=O)C2=CC=CCC2)CCN1S(=O)(=O)c1ccc(C(=O)O)s1. The molecule has 1 aromatic rings. The molecule has 26 heavy (non-hydrogen) atoms. The molecule has 0 radical (unpaired) electrons. The molecule has 7 nitrogen and oxygen atoms in total. The van der Waals surface area contributed by atoms with Crippen molar-refractivity contribution >= 4 is 33.2 Å². The molecule has 1 fully saturated rings. The summed E-state index contributed by atoms with van der Waals surface area (Å²) in [7, 11) is -3.77. The summed E-state index contributed by atoms with van der Waals surface area (Å²) in [6, 6.07) is 2.24. The van der Waals surface area contributed by atoms with Gasteiger partial charge in [-0.3, -0.25) is 4.79 Å². The van der Waals surface area contributed by atoms with Gasteiger partial charge >= 0.3 is 5.97 Å². The van der Waals surface area contributed by atoms with E-state index >= 15 is 0 Å². The lowest BCUT2D eigenvalue weighted by Gasteiger charge is -2.39. The van der Waals surface area contributed by atoms with Gasteiger partial charge in [0.15, 0.2) is 0 Å². The third kappa shape index (κ3) is 3.60. The van der Waals surface area contributed by atoms with Crippen LogP contribution in [-0.4, -0.2) is 60.3 Å². The Morgan fingerprint density at radius 2 is 2.04 bits per heavy atom. The Hall–Kier alpha value is -1.97. The summed E-state index contributed by atoms with van der Waals surface area (Å²) in [5, 5.41) is 8.99. The Labute approximate surface area is 156 Å². The third-order valence-electron chi connectivity index (χ3n) is 4.50. The number of carbonyl (C=O) groups excluding carboxylic acids is 1. The van der Waals surface area contributed by atoms with E-state index in [0.717, 1.165) is 23.3 Å². The maximum atomic E-state index is 12.8. The lowest BCUT2D eigenvalue weighted by atomic mass is 10.0. The van der Waals surface area contributed by atoms with Crippen LogP contribution in [0.4, 0.5) is 0 Å². The first-order valence-corrected chi connectivity index (χ1v) is 10.6. The standard InChI is InChI=1S/C17H20N2O5S2/c1-12-11-18(16(20)13-5-3-2-4-6-13)9-10-19(12)26(23,24)15-8-7-14(25-15)17(21)22/h2-3,5,7-8,12H,4,6,9-11H2,1H3,(H,21,22). The Morgan fingerprint density at radius 3 is 2.62 bits per heavy atom. The van der Waals surface area contributed by atoms with Gasteiger partial charge in [-0.05, 0) is 31.9 Å². The molecule has 140 valence electrons. The second-order valence-electron chi connectivity index (χ2n) is 6.30. The summed E-state index contributed by atoms with van der Waals surface area (Å²) < 4.78 is 27.0. The summed E-state index contributed by atoms with van der Waals surface area (Å²) in [5.74, 6) is -1.18. The van der Waals surface area contributed by atoms with Crippen LogP contribution in [0, 0.1) is 0 Å². The van der Waals surface area contributed by atoms with E-state index in [4.69, 9.17) is 5.11 Å². The first-order chi connectivity index (χ1) is 12.3. The van der Waals surface area contributed by atoms with Crippen molar-refractivity contribution in [2.45, 2.75) is 30.0 Å². The number of carboxylic acid groups (broad SMARTS) is 1. The molecular formula is C17H20N2O5S2. The number of piperazine rings is 1. The van der Waals surface area contributed by atoms with E-state index in [2.05, 4.69) is 0 Å². The zero-order valence-electron chi connectivity index (χ0n) is 14.3. The van der Waals surface area contributed by atoms with Gasteiger partial charge in [-0.1, -0.05) is 18.2 Å². The number of amides is 1. The highest BCUT2D eigenvalue weighted by Gasteiger charge is 2.36. The summed E-state index contributed by atoms with van der Waals surface area (Å²) >= 11 is 0.747. The number of sulfonamides is 1. The van der Waals surface area contributed by atoms with Crippen LogP contribution in [-0.2, 0) is 14.8 Å². The molecule has 1 amide bonds. The van der Waals surface area contributed by atoms with E-state index in [0.29, 0.717) is 19.5 Å². The first-order valence-electron chi connectivity index (χ1n) is 8.30. The highest BCUT2D eigenvalue weighted by Crippen LogP contribution is 2.28. The molecule has 9 heteroatoms. The smallest absolute Gasteiger partial charge is 0.345 e. The fraction of sp³-hybridized carbons (Fsp3) is 0.412. The van der Waals surface area contributed by atoms with E-state index in [9.17, 15) is 18.0 Å². The van der Waals surface area contributed by atoms with Crippen LogP contribution in [0.15, 0.2) is 40.1 Å². The van der Waals surface area contributed by atoms with E-state index in [1.54, 1.807) is 11.8 Å². The van der Waals surface area contributed by atoms with Gasteiger partial charge in [0.1, 0.15) is 9.09 Å². The molecule has 1 aliphatic carbocycles. The summed E-state index contributed by atoms with van der Waals surface area (Å²) in [5.41, 5.74) is 0.750. The Balaban J connectivity index is 1.73. The van der Waals surface area contributed by atoms with E-state index < -0.39 is 16.0 Å². The van der Waals surface area contributed by atoms with Gasteiger partial charge in [-0.2, -0.15) is 4.31 Å². The van der Waals surface area contributed by atoms with Crippen molar-refractivity contribution in [3.8, 4) is 0 Å². The van der Waals surface area contributed by atoms with Gasteiger partial charge in [-0.25, -0.2) is 13.2 Å². The van der Waals surface area contributed by atoms with Crippen molar-refractivity contribution in [1.82, 2.24) is 9.21 Å². The highest BCUT2D eigenvalue weighted by molar-refractivity contribution is 7.91. The molecule has 1 saturated heterocycles. The average molecular weight is 396 g/mol. The number of aromatic carboxylic acids is 1. The molecule has 0 aromatic carbocycles. The predicted molar refractivity (Wildman–Crippen MR) is 97.7 cm³/mol. The summed E-state index contributed by atoms with van der Waals surface area (Å²) in [6.45, 7) is 2.59.